The largest absolute Gasteiger partial charge is 0.416 e. The third kappa shape index (κ3) is 5.56. The number of alkyl halides is 3. The molecule has 3 amide bonds. The van der Waals surface area contributed by atoms with Gasteiger partial charge in [0.15, 0.2) is 0 Å². The van der Waals surface area contributed by atoms with E-state index in [4.69, 9.17) is 9.47 Å². The number of amides is 3. The molecule has 4 aliphatic rings. The van der Waals surface area contributed by atoms with Crippen LogP contribution in [0.4, 0.5) is 18.0 Å². The number of halogens is 3. The number of likely N-dealkylation sites (tertiary alicyclic amines) is 2. The van der Waals surface area contributed by atoms with Crippen LogP contribution in [0.25, 0.3) is 0 Å². The summed E-state index contributed by atoms with van der Waals surface area (Å²) in [5.41, 5.74) is -1.63. The Kier molecular flexibility index (Phi) is 6.88. The van der Waals surface area contributed by atoms with Gasteiger partial charge in [-0.1, -0.05) is 6.07 Å². The Bertz CT molecular complexity index is 1160. The molecule has 0 radical (unpaired) electrons. The average molecular weight is 547 g/mol. The molecular weight excluding hydrogens is 517 g/mol. The molecule has 0 bridgehead atoms. The molecule has 14 heteroatoms. The van der Waals surface area contributed by atoms with Gasteiger partial charge in [-0.2, -0.15) is 13.2 Å². The van der Waals surface area contributed by atoms with E-state index < -0.39 is 38.3 Å². The van der Waals surface area contributed by atoms with Gasteiger partial charge in [-0.15, -0.1) is 0 Å². The molecule has 4 saturated heterocycles. The number of nitrogens with zero attached hydrogens (tertiary/aromatic N) is 2. The van der Waals surface area contributed by atoms with E-state index in [9.17, 15) is 31.2 Å². The smallest absolute Gasteiger partial charge is 0.373 e. The second kappa shape index (κ2) is 9.71. The third-order valence-electron chi connectivity index (χ3n) is 7.54. The van der Waals surface area contributed by atoms with E-state index in [1.807, 2.05) is 0 Å². The highest BCUT2D eigenvalue weighted by atomic mass is 32.2. The van der Waals surface area contributed by atoms with Gasteiger partial charge in [0, 0.05) is 32.2 Å². The van der Waals surface area contributed by atoms with E-state index in [0.29, 0.717) is 57.9 Å². The number of ether oxygens (including phenoxy) is 2. The van der Waals surface area contributed by atoms with E-state index in [-0.39, 0.29) is 37.3 Å². The molecule has 1 unspecified atom stereocenters. The number of urea groups is 1. The summed E-state index contributed by atoms with van der Waals surface area (Å²) in [4.78, 5) is 27.7. The van der Waals surface area contributed by atoms with Crippen molar-refractivity contribution in [1.29, 1.82) is 0 Å². The number of sulfonamides is 1. The molecule has 4 aliphatic heterocycles. The molecule has 1 spiro atoms. The SMILES string of the molecule is O=C1COC2CCN(C(=O)N3CCC4(CC3)C[C@@H](NS(=O)(=O)c3cccc(C(F)(F)F)c3)CO4)C[C@H]2N1. The summed E-state index contributed by atoms with van der Waals surface area (Å²) in [6.07, 6.45) is -2.70. The van der Waals surface area contributed by atoms with Gasteiger partial charge in [-0.25, -0.2) is 17.9 Å². The number of nitrogens with one attached hydrogen (secondary N) is 2. The van der Waals surface area contributed by atoms with E-state index in [2.05, 4.69) is 10.0 Å². The fourth-order valence-corrected chi connectivity index (χ4v) is 6.84. The Hall–Kier alpha value is -2.42. The summed E-state index contributed by atoms with van der Waals surface area (Å²) >= 11 is 0. The average Bonchev–Trinajstić information content (AvgIpc) is 3.24. The second-order valence-corrected chi connectivity index (χ2v) is 11.8. The molecule has 1 aromatic rings. The number of carbonyl (C=O) groups excluding carboxylic acids is 2. The lowest BCUT2D eigenvalue weighted by Gasteiger charge is -2.44. The van der Waals surface area contributed by atoms with Crippen LogP contribution in [-0.4, -0.2) is 93.3 Å². The van der Waals surface area contributed by atoms with Gasteiger partial charge in [0.2, 0.25) is 15.9 Å². The quantitative estimate of drug-likeness (QED) is 0.591. The number of carbonyl (C=O) groups is 2. The summed E-state index contributed by atoms with van der Waals surface area (Å²) < 4.78 is 78.5. The molecule has 4 heterocycles. The highest BCUT2D eigenvalue weighted by Gasteiger charge is 2.46. The third-order valence-corrected chi connectivity index (χ3v) is 9.06. The molecule has 0 aromatic heterocycles. The number of morpholine rings is 1. The van der Waals surface area contributed by atoms with Crippen molar-refractivity contribution in [2.24, 2.45) is 0 Å². The first-order chi connectivity index (χ1) is 17.4. The first-order valence-corrected chi connectivity index (χ1v) is 13.7. The van der Waals surface area contributed by atoms with Crippen LogP contribution in [0.3, 0.4) is 0 Å². The maximum absolute atomic E-state index is 13.1. The van der Waals surface area contributed by atoms with Gasteiger partial charge < -0.3 is 24.6 Å². The zero-order valence-corrected chi connectivity index (χ0v) is 20.8. The lowest BCUT2D eigenvalue weighted by molar-refractivity contribution is -0.140. The Morgan fingerprint density at radius 1 is 1.16 bits per heavy atom. The van der Waals surface area contributed by atoms with Gasteiger partial charge in [0.1, 0.15) is 6.61 Å². The van der Waals surface area contributed by atoms with Crippen LogP contribution in [0.5, 0.6) is 0 Å². The van der Waals surface area contributed by atoms with Crippen LogP contribution >= 0.6 is 0 Å². The van der Waals surface area contributed by atoms with Crippen LogP contribution < -0.4 is 10.0 Å². The van der Waals surface area contributed by atoms with Gasteiger partial charge in [-0.05, 0) is 43.9 Å². The number of fused-ring (bicyclic) bond motifs is 1. The Balaban J connectivity index is 1.15. The normalized spacial score (nSPS) is 28.2. The van der Waals surface area contributed by atoms with Crippen LogP contribution in [0.2, 0.25) is 0 Å². The summed E-state index contributed by atoms with van der Waals surface area (Å²) in [5, 5.41) is 2.88. The molecule has 1 aromatic carbocycles. The molecule has 5 rings (SSSR count). The second-order valence-electron chi connectivity index (χ2n) is 10.1. The van der Waals surface area contributed by atoms with Crippen LogP contribution in [0.1, 0.15) is 31.2 Å². The van der Waals surface area contributed by atoms with E-state index in [1.165, 1.54) is 0 Å². The number of rotatable bonds is 3. The van der Waals surface area contributed by atoms with Gasteiger partial charge >= 0.3 is 12.2 Å². The minimum absolute atomic E-state index is 0.0421. The van der Waals surface area contributed by atoms with Crippen molar-refractivity contribution in [2.45, 2.75) is 60.5 Å². The van der Waals surface area contributed by atoms with E-state index in [1.54, 1.807) is 9.80 Å². The van der Waals surface area contributed by atoms with E-state index >= 15 is 0 Å². The minimum atomic E-state index is -4.65. The zero-order chi connectivity index (χ0) is 26.4. The molecule has 0 saturated carbocycles. The summed E-state index contributed by atoms with van der Waals surface area (Å²) in [6.45, 7) is 1.92. The first-order valence-electron chi connectivity index (χ1n) is 12.2. The van der Waals surface area contributed by atoms with E-state index in [0.717, 1.165) is 18.2 Å². The van der Waals surface area contributed by atoms with Crippen molar-refractivity contribution in [3.05, 3.63) is 29.8 Å². The summed E-state index contributed by atoms with van der Waals surface area (Å²) in [7, 11) is -4.18. The number of hydrogen-bond acceptors (Lipinski definition) is 6. The zero-order valence-electron chi connectivity index (χ0n) is 20.0. The van der Waals surface area contributed by atoms with Crippen molar-refractivity contribution >= 4 is 22.0 Å². The number of benzene rings is 1. The molecule has 2 N–H and O–H groups in total. The molecule has 0 aliphatic carbocycles. The first kappa shape index (κ1) is 26.2. The monoisotopic (exact) mass is 546 g/mol. The fraction of sp³-hybridized carbons (Fsp3) is 0.652. The Morgan fingerprint density at radius 3 is 2.65 bits per heavy atom. The minimum Gasteiger partial charge on any atom is -0.373 e. The molecule has 10 nitrogen and oxygen atoms in total. The maximum Gasteiger partial charge on any atom is 0.416 e. The van der Waals surface area contributed by atoms with Crippen molar-refractivity contribution in [2.75, 3.05) is 39.4 Å². The standard InChI is InChI=1S/C23H29F3N4O6S/c24-23(25,26)15-2-1-3-17(10-15)37(33,34)28-16-11-22(36-13-16)5-8-29(9-6-22)21(32)30-7-4-19-18(12-30)27-20(31)14-35-19/h1-3,10,16,18-19,28H,4-9,11-14H2,(H,27,31)/t16-,18-,19?/m1/s1. The van der Waals surface area contributed by atoms with Gasteiger partial charge in [0.05, 0.1) is 34.8 Å². The fourth-order valence-electron chi connectivity index (χ4n) is 5.57. The van der Waals surface area contributed by atoms with Crippen LogP contribution in [-0.2, 0) is 30.5 Å². The summed E-state index contributed by atoms with van der Waals surface area (Å²) in [5.74, 6) is -0.188. The topological polar surface area (TPSA) is 117 Å². The highest BCUT2D eigenvalue weighted by molar-refractivity contribution is 7.89. The number of hydrogen-bond donors (Lipinski definition) is 2. The molecule has 204 valence electrons. The van der Waals surface area contributed by atoms with Crippen molar-refractivity contribution in [3.63, 3.8) is 0 Å². The predicted molar refractivity (Wildman–Crippen MR) is 123 cm³/mol. The van der Waals surface area contributed by atoms with Crippen molar-refractivity contribution in [1.82, 2.24) is 19.8 Å². The van der Waals surface area contributed by atoms with Crippen molar-refractivity contribution in [3.8, 4) is 0 Å². The number of piperidine rings is 2. The Morgan fingerprint density at radius 2 is 1.92 bits per heavy atom. The van der Waals surface area contributed by atoms with Gasteiger partial charge in [-0.3, -0.25) is 4.79 Å². The van der Waals surface area contributed by atoms with Crippen LogP contribution in [0, 0.1) is 0 Å². The molecule has 4 fully saturated rings. The molecule has 3 atom stereocenters. The van der Waals surface area contributed by atoms with Crippen LogP contribution in [0.15, 0.2) is 29.2 Å². The highest BCUT2D eigenvalue weighted by Crippen LogP contribution is 2.37. The molecular formula is C23H29F3N4O6S. The summed E-state index contributed by atoms with van der Waals surface area (Å²) in [6, 6.07) is 2.70. The Labute approximate surface area is 212 Å². The maximum atomic E-state index is 13.1. The van der Waals surface area contributed by atoms with Crippen molar-refractivity contribution < 1.29 is 40.7 Å². The van der Waals surface area contributed by atoms with Gasteiger partial charge in [0.25, 0.3) is 0 Å². The predicted octanol–water partition coefficient (Wildman–Crippen LogP) is 1.32. The lowest BCUT2D eigenvalue weighted by Crippen LogP contribution is -2.63. The molecule has 37 heavy (non-hydrogen) atoms. The lowest BCUT2D eigenvalue weighted by atomic mass is 9.87.